The highest BCUT2D eigenvalue weighted by Crippen LogP contribution is 2.19. The van der Waals surface area contributed by atoms with Gasteiger partial charge >= 0.3 is 0 Å². The minimum atomic E-state index is -0.220. The molecule has 0 aliphatic rings. The van der Waals surface area contributed by atoms with E-state index in [1.807, 2.05) is 31.2 Å². The van der Waals surface area contributed by atoms with Gasteiger partial charge in [0, 0.05) is 12.7 Å². The summed E-state index contributed by atoms with van der Waals surface area (Å²) in [5.74, 6) is -0.220. The fraction of sp³-hybridized carbons (Fsp3) is 0.231. The van der Waals surface area contributed by atoms with Crippen molar-refractivity contribution >= 4 is 17.3 Å². The first-order chi connectivity index (χ1) is 8.50. The predicted molar refractivity (Wildman–Crippen MR) is 71.6 cm³/mol. The van der Waals surface area contributed by atoms with Crippen LogP contribution in [0.4, 0.5) is 11.4 Å². The third kappa shape index (κ3) is 2.07. The van der Waals surface area contributed by atoms with Crippen molar-refractivity contribution in [3.8, 4) is 0 Å². The van der Waals surface area contributed by atoms with Crippen molar-refractivity contribution in [2.75, 3.05) is 17.7 Å². The second-order valence-corrected chi connectivity index (χ2v) is 4.31. The van der Waals surface area contributed by atoms with E-state index in [1.54, 1.807) is 18.9 Å². The van der Waals surface area contributed by atoms with E-state index < -0.39 is 0 Å². The van der Waals surface area contributed by atoms with E-state index in [9.17, 15) is 4.79 Å². The Morgan fingerprint density at radius 2 is 2.11 bits per heavy atom. The summed E-state index contributed by atoms with van der Waals surface area (Å²) in [6.45, 7) is 3.76. The molecule has 1 aromatic carbocycles. The molecule has 0 unspecified atom stereocenters. The number of nitrogens with two attached hydrogens (primary N) is 1. The van der Waals surface area contributed by atoms with Crippen molar-refractivity contribution in [3.05, 3.63) is 41.2 Å². The number of aromatic nitrogens is 2. The lowest BCUT2D eigenvalue weighted by Gasteiger charge is -2.16. The van der Waals surface area contributed by atoms with Crippen LogP contribution in [0.5, 0.6) is 0 Å². The number of benzene rings is 1. The molecular formula is C13H16N4O. The molecule has 2 rings (SSSR count). The molecule has 2 aromatic rings. The van der Waals surface area contributed by atoms with Gasteiger partial charge in [0.15, 0.2) is 5.69 Å². The summed E-state index contributed by atoms with van der Waals surface area (Å²) in [5, 5.41) is 6.66. The molecule has 0 saturated heterocycles. The number of nitrogens with zero attached hydrogens (tertiary/aromatic N) is 2. The monoisotopic (exact) mass is 244 g/mol. The first kappa shape index (κ1) is 12.2. The van der Waals surface area contributed by atoms with Crippen LogP contribution in [-0.4, -0.2) is 23.2 Å². The van der Waals surface area contributed by atoms with Crippen molar-refractivity contribution in [2.45, 2.75) is 13.8 Å². The van der Waals surface area contributed by atoms with E-state index >= 15 is 0 Å². The number of H-pyrrole nitrogens is 1. The average molecular weight is 244 g/mol. The molecule has 0 atom stereocenters. The normalized spacial score (nSPS) is 10.4. The molecule has 1 amide bonds. The van der Waals surface area contributed by atoms with Crippen LogP contribution in [0.2, 0.25) is 0 Å². The summed E-state index contributed by atoms with van der Waals surface area (Å²) in [6.07, 6.45) is 0. The van der Waals surface area contributed by atoms with Crippen LogP contribution >= 0.6 is 0 Å². The van der Waals surface area contributed by atoms with Crippen LogP contribution in [-0.2, 0) is 0 Å². The number of carbonyl (C=O) groups excluding carboxylic acids is 1. The van der Waals surface area contributed by atoms with Gasteiger partial charge in [-0.2, -0.15) is 5.10 Å². The number of rotatable bonds is 2. The second-order valence-electron chi connectivity index (χ2n) is 4.31. The Kier molecular flexibility index (Phi) is 3.06. The molecule has 94 valence electrons. The van der Waals surface area contributed by atoms with Gasteiger partial charge < -0.3 is 10.6 Å². The maximum Gasteiger partial charge on any atom is 0.280 e. The molecule has 1 heterocycles. The maximum atomic E-state index is 12.3. The second kappa shape index (κ2) is 4.52. The van der Waals surface area contributed by atoms with Gasteiger partial charge in [-0.1, -0.05) is 12.1 Å². The van der Waals surface area contributed by atoms with Crippen LogP contribution in [0, 0.1) is 13.8 Å². The van der Waals surface area contributed by atoms with E-state index in [-0.39, 0.29) is 11.6 Å². The van der Waals surface area contributed by atoms with E-state index in [4.69, 9.17) is 5.73 Å². The van der Waals surface area contributed by atoms with Gasteiger partial charge in [0.2, 0.25) is 0 Å². The Morgan fingerprint density at radius 3 is 2.67 bits per heavy atom. The van der Waals surface area contributed by atoms with E-state index in [0.717, 1.165) is 11.3 Å². The third-order valence-electron chi connectivity index (χ3n) is 2.89. The van der Waals surface area contributed by atoms with Crippen molar-refractivity contribution in [2.24, 2.45) is 0 Å². The van der Waals surface area contributed by atoms with Crippen molar-refractivity contribution in [3.63, 3.8) is 0 Å². The third-order valence-corrected chi connectivity index (χ3v) is 2.89. The largest absolute Gasteiger partial charge is 0.395 e. The molecule has 18 heavy (non-hydrogen) atoms. The van der Waals surface area contributed by atoms with Gasteiger partial charge in [0.1, 0.15) is 0 Å². The standard InChI is InChI=1S/C13H16N4O/c1-8-5-4-6-10(7-8)17(3)13(18)12-11(14)9(2)15-16-12/h4-7H,14H2,1-3H3,(H,15,16). The Balaban J connectivity index is 2.32. The first-order valence-corrected chi connectivity index (χ1v) is 5.66. The van der Waals surface area contributed by atoms with Gasteiger partial charge in [0.05, 0.1) is 11.4 Å². The minimum Gasteiger partial charge on any atom is -0.395 e. The number of amides is 1. The zero-order chi connectivity index (χ0) is 13.3. The summed E-state index contributed by atoms with van der Waals surface area (Å²) in [4.78, 5) is 13.8. The topological polar surface area (TPSA) is 75.0 Å². The van der Waals surface area contributed by atoms with Crippen LogP contribution in [0.25, 0.3) is 0 Å². The lowest BCUT2D eigenvalue weighted by Crippen LogP contribution is -2.27. The van der Waals surface area contributed by atoms with Gasteiger partial charge in [0.25, 0.3) is 5.91 Å². The number of anilines is 2. The molecule has 0 aliphatic heterocycles. The summed E-state index contributed by atoms with van der Waals surface area (Å²) >= 11 is 0. The molecule has 0 spiro atoms. The number of carbonyl (C=O) groups is 1. The van der Waals surface area contributed by atoms with Crippen molar-refractivity contribution in [1.82, 2.24) is 10.2 Å². The SMILES string of the molecule is Cc1cccc(N(C)C(=O)c2n[nH]c(C)c2N)c1. The molecule has 5 nitrogen and oxygen atoms in total. The summed E-state index contributed by atoms with van der Waals surface area (Å²) in [5.41, 5.74) is 9.09. The van der Waals surface area contributed by atoms with Crippen LogP contribution in [0.15, 0.2) is 24.3 Å². The van der Waals surface area contributed by atoms with E-state index in [1.165, 1.54) is 0 Å². The number of hydrogen-bond acceptors (Lipinski definition) is 3. The molecule has 0 bridgehead atoms. The molecule has 5 heteroatoms. The highest BCUT2D eigenvalue weighted by atomic mass is 16.2. The van der Waals surface area contributed by atoms with E-state index in [0.29, 0.717) is 11.4 Å². The fourth-order valence-corrected chi connectivity index (χ4v) is 1.71. The van der Waals surface area contributed by atoms with Gasteiger partial charge in [-0.3, -0.25) is 9.89 Å². The predicted octanol–water partition coefficient (Wildman–Crippen LogP) is 1.89. The molecule has 0 radical (unpaired) electrons. The van der Waals surface area contributed by atoms with Gasteiger partial charge in [-0.15, -0.1) is 0 Å². The number of aryl methyl sites for hydroxylation is 2. The molecule has 3 N–H and O–H groups in total. The summed E-state index contributed by atoms with van der Waals surface area (Å²) in [7, 11) is 1.71. The lowest BCUT2D eigenvalue weighted by atomic mass is 10.2. The number of nitrogen functional groups attached to an aromatic ring is 1. The Labute approximate surface area is 106 Å². The van der Waals surface area contributed by atoms with Gasteiger partial charge in [-0.05, 0) is 31.5 Å². The van der Waals surface area contributed by atoms with E-state index in [2.05, 4.69) is 10.2 Å². The highest BCUT2D eigenvalue weighted by Gasteiger charge is 2.20. The quantitative estimate of drug-likeness (QED) is 0.847. The summed E-state index contributed by atoms with van der Waals surface area (Å²) in [6, 6.07) is 7.71. The number of hydrogen-bond donors (Lipinski definition) is 2. The zero-order valence-corrected chi connectivity index (χ0v) is 10.7. The lowest BCUT2D eigenvalue weighted by molar-refractivity contribution is 0.0989. The number of aromatic amines is 1. The number of nitrogens with one attached hydrogen (secondary N) is 1. The highest BCUT2D eigenvalue weighted by molar-refractivity contribution is 6.07. The molecule has 1 aromatic heterocycles. The maximum absolute atomic E-state index is 12.3. The molecular weight excluding hydrogens is 228 g/mol. The minimum absolute atomic E-state index is 0.220. The first-order valence-electron chi connectivity index (χ1n) is 5.66. The Morgan fingerprint density at radius 1 is 1.39 bits per heavy atom. The zero-order valence-electron chi connectivity index (χ0n) is 10.7. The Hall–Kier alpha value is -2.30. The van der Waals surface area contributed by atoms with Crippen molar-refractivity contribution in [1.29, 1.82) is 0 Å². The van der Waals surface area contributed by atoms with Crippen molar-refractivity contribution < 1.29 is 4.79 Å². The fourth-order valence-electron chi connectivity index (χ4n) is 1.71. The smallest absolute Gasteiger partial charge is 0.280 e. The van der Waals surface area contributed by atoms with Crippen LogP contribution < -0.4 is 10.6 Å². The van der Waals surface area contributed by atoms with Crippen LogP contribution in [0.1, 0.15) is 21.7 Å². The summed E-state index contributed by atoms with van der Waals surface area (Å²) < 4.78 is 0. The molecule has 0 saturated carbocycles. The van der Waals surface area contributed by atoms with Crippen LogP contribution in [0.3, 0.4) is 0 Å². The van der Waals surface area contributed by atoms with Gasteiger partial charge in [-0.25, -0.2) is 0 Å². The average Bonchev–Trinajstić information content (AvgIpc) is 2.68. The molecule has 0 aliphatic carbocycles. The molecule has 0 fully saturated rings. The Bertz CT molecular complexity index is 588.